The molecule has 2 rings (SSSR count). The van der Waals surface area contributed by atoms with Gasteiger partial charge < -0.3 is 4.74 Å². The molecule has 0 bridgehead atoms. The Morgan fingerprint density at radius 2 is 2.22 bits per heavy atom. The number of aromatic nitrogens is 2. The van der Waals surface area contributed by atoms with Crippen LogP contribution >= 0.6 is 11.3 Å². The van der Waals surface area contributed by atoms with E-state index in [1.54, 1.807) is 17.6 Å². The van der Waals surface area contributed by atoms with Gasteiger partial charge in [-0.05, 0) is 12.1 Å². The predicted octanol–water partition coefficient (Wildman–Crippen LogP) is 1.76. The first-order chi connectivity index (χ1) is 8.49. The minimum absolute atomic E-state index is 0.0414. The van der Waals surface area contributed by atoms with Crippen LogP contribution in [0.25, 0.3) is 11.3 Å². The Morgan fingerprint density at radius 3 is 2.89 bits per heavy atom. The molecule has 0 saturated heterocycles. The summed E-state index contributed by atoms with van der Waals surface area (Å²) >= 11 is 1.32. The third kappa shape index (κ3) is 3.05. The molecule has 0 unspecified atom stereocenters. The van der Waals surface area contributed by atoms with Gasteiger partial charge in [-0.15, -0.1) is 11.3 Å². The topological polar surface area (TPSA) is 69.2 Å². The van der Waals surface area contributed by atoms with Gasteiger partial charge in [0.1, 0.15) is 10.8 Å². The third-order valence-corrected chi connectivity index (χ3v) is 4.01. The van der Waals surface area contributed by atoms with Crippen molar-refractivity contribution in [2.75, 3.05) is 13.4 Å². The van der Waals surface area contributed by atoms with E-state index in [-0.39, 0.29) is 5.75 Å². The molecule has 0 radical (unpaired) electrons. The second-order valence-electron chi connectivity index (χ2n) is 3.76. The molecule has 0 aliphatic carbocycles. The van der Waals surface area contributed by atoms with Gasteiger partial charge in [-0.3, -0.25) is 0 Å². The molecule has 2 aromatic heterocycles. The fourth-order valence-corrected chi connectivity index (χ4v) is 3.48. The monoisotopic (exact) mass is 284 g/mol. The second kappa shape index (κ2) is 5.03. The summed E-state index contributed by atoms with van der Waals surface area (Å²) < 4.78 is 27.5. The van der Waals surface area contributed by atoms with Gasteiger partial charge in [-0.1, -0.05) is 0 Å². The maximum Gasteiger partial charge on any atom is 0.222 e. The number of sulfone groups is 1. The number of pyridine rings is 1. The molecule has 0 saturated carbocycles. The smallest absolute Gasteiger partial charge is 0.222 e. The zero-order valence-corrected chi connectivity index (χ0v) is 11.6. The van der Waals surface area contributed by atoms with Crippen molar-refractivity contribution in [2.45, 2.75) is 5.75 Å². The molecule has 2 heterocycles. The molecule has 5 nitrogen and oxygen atoms in total. The van der Waals surface area contributed by atoms with Gasteiger partial charge in [0.15, 0.2) is 9.84 Å². The van der Waals surface area contributed by atoms with Gasteiger partial charge in [-0.2, -0.15) is 0 Å². The number of ether oxygens (including phenoxy) is 1. The molecule has 0 atom stereocenters. The van der Waals surface area contributed by atoms with Crippen LogP contribution in [-0.2, 0) is 15.6 Å². The van der Waals surface area contributed by atoms with E-state index < -0.39 is 9.84 Å². The van der Waals surface area contributed by atoms with Crippen molar-refractivity contribution in [3.8, 4) is 17.1 Å². The molecule has 0 aliphatic heterocycles. The quantitative estimate of drug-likeness (QED) is 0.855. The van der Waals surface area contributed by atoms with Crippen LogP contribution in [0.5, 0.6) is 5.88 Å². The lowest BCUT2D eigenvalue weighted by Crippen LogP contribution is -2.00. The molecule has 7 heteroatoms. The van der Waals surface area contributed by atoms with Crippen molar-refractivity contribution in [2.24, 2.45) is 0 Å². The summed E-state index contributed by atoms with van der Waals surface area (Å²) in [5.74, 6) is 0.439. The van der Waals surface area contributed by atoms with E-state index in [0.29, 0.717) is 16.6 Å². The molecule has 0 spiro atoms. The summed E-state index contributed by atoms with van der Waals surface area (Å²) in [4.78, 5) is 8.38. The van der Waals surface area contributed by atoms with Crippen molar-refractivity contribution in [1.29, 1.82) is 0 Å². The van der Waals surface area contributed by atoms with E-state index in [1.165, 1.54) is 24.7 Å². The highest BCUT2D eigenvalue weighted by Gasteiger charge is 2.13. The third-order valence-electron chi connectivity index (χ3n) is 2.18. The van der Waals surface area contributed by atoms with Crippen molar-refractivity contribution in [3.05, 3.63) is 28.7 Å². The first-order valence-corrected chi connectivity index (χ1v) is 8.05. The standard InChI is InChI=1S/C11H12N2O3S2/c1-16-11-8(4-3-5-12-11)9-6-17-10(13-9)7-18(2,14)15/h3-6H,7H2,1-2H3. The fourth-order valence-electron chi connectivity index (χ4n) is 1.47. The van der Waals surface area contributed by atoms with Crippen LogP contribution in [0, 0.1) is 0 Å². The molecule has 0 amide bonds. The van der Waals surface area contributed by atoms with Crippen LogP contribution < -0.4 is 4.74 Å². The summed E-state index contributed by atoms with van der Waals surface area (Å²) in [5.41, 5.74) is 1.44. The molecule has 96 valence electrons. The predicted molar refractivity (Wildman–Crippen MR) is 70.4 cm³/mol. The first kappa shape index (κ1) is 13.0. The summed E-state index contributed by atoms with van der Waals surface area (Å²) in [6.07, 6.45) is 2.82. The Hall–Kier alpha value is -1.47. The lowest BCUT2D eigenvalue weighted by Gasteiger charge is -2.03. The van der Waals surface area contributed by atoms with Gasteiger partial charge in [0.2, 0.25) is 5.88 Å². The highest BCUT2D eigenvalue weighted by atomic mass is 32.2. The van der Waals surface area contributed by atoms with E-state index in [2.05, 4.69) is 9.97 Å². The number of thiazole rings is 1. The molecule has 0 aromatic carbocycles. The Morgan fingerprint density at radius 1 is 1.44 bits per heavy atom. The Kier molecular flexibility index (Phi) is 3.63. The molecular formula is C11H12N2O3S2. The lowest BCUT2D eigenvalue weighted by molar-refractivity contribution is 0.399. The average Bonchev–Trinajstić information content (AvgIpc) is 2.75. The zero-order chi connectivity index (χ0) is 13.2. The van der Waals surface area contributed by atoms with Crippen LogP contribution in [0.4, 0.5) is 0 Å². The average molecular weight is 284 g/mol. The van der Waals surface area contributed by atoms with E-state index in [0.717, 1.165) is 5.56 Å². The molecule has 0 aliphatic rings. The minimum Gasteiger partial charge on any atom is -0.481 e. The van der Waals surface area contributed by atoms with Crippen molar-refractivity contribution < 1.29 is 13.2 Å². The van der Waals surface area contributed by atoms with Crippen molar-refractivity contribution in [1.82, 2.24) is 9.97 Å². The largest absolute Gasteiger partial charge is 0.481 e. The zero-order valence-electron chi connectivity index (χ0n) is 9.95. The molecule has 2 aromatic rings. The van der Waals surface area contributed by atoms with Crippen LogP contribution in [-0.4, -0.2) is 31.8 Å². The SMILES string of the molecule is COc1ncccc1-c1csc(CS(C)(=O)=O)n1. The van der Waals surface area contributed by atoms with Crippen molar-refractivity contribution >= 4 is 21.2 Å². The Bertz CT molecular complexity index is 650. The van der Waals surface area contributed by atoms with Crippen LogP contribution in [0.2, 0.25) is 0 Å². The Labute approximate surface area is 109 Å². The number of hydrogen-bond acceptors (Lipinski definition) is 6. The highest BCUT2D eigenvalue weighted by Crippen LogP contribution is 2.28. The molecule has 18 heavy (non-hydrogen) atoms. The van der Waals surface area contributed by atoms with E-state index >= 15 is 0 Å². The number of rotatable bonds is 4. The summed E-state index contributed by atoms with van der Waals surface area (Å²) in [7, 11) is -1.52. The molecular weight excluding hydrogens is 272 g/mol. The van der Waals surface area contributed by atoms with Crippen LogP contribution in [0.1, 0.15) is 5.01 Å². The molecule has 0 fully saturated rings. The number of nitrogens with zero attached hydrogens (tertiary/aromatic N) is 2. The van der Waals surface area contributed by atoms with E-state index in [9.17, 15) is 8.42 Å². The van der Waals surface area contributed by atoms with E-state index in [1.807, 2.05) is 6.07 Å². The highest BCUT2D eigenvalue weighted by molar-refractivity contribution is 7.90. The summed E-state index contributed by atoms with van der Waals surface area (Å²) in [6.45, 7) is 0. The maximum absolute atomic E-state index is 11.2. The number of methoxy groups -OCH3 is 1. The first-order valence-electron chi connectivity index (χ1n) is 5.11. The summed E-state index contributed by atoms with van der Waals surface area (Å²) in [5, 5.41) is 2.37. The van der Waals surface area contributed by atoms with Gasteiger partial charge >= 0.3 is 0 Å². The van der Waals surface area contributed by atoms with Crippen molar-refractivity contribution in [3.63, 3.8) is 0 Å². The normalized spacial score (nSPS) is 11.4. The van der Waals surface area contributed by atoms with E-state index in [4.69, 9.17) is 4.74 Å². The van der Waals surface area contributed by atoms with Crippen LogP contribution in [0.3, 0.4) is 0 Å². The van der Waals surface area contributed by atoms with Gasteiger partial charge in [0.05, 0.1) is 18.4 Å². The Balaban J connectivity index is 2.35. The fraction of sp³-hybridized carbons (Fsp3) is 0.273. The van der Waals surface area contributed by atoms with Crippen LogP contribution in [0.15, 0.2) is 23.7 Å². The maximum atomic E-state index is 11.2. The minimum atomic E-state index is -3.06. The lowest BCUT2D eigenvalue weighted by atomic mass is 10.2. The molecule has 0 N–H and O–H groups in total. The van der Waals surface area contributed by atoms with Gasteiger partial charge in [-0.25, -0.2) is 18.4 Å². The van der Waals surface area contributed by atoms with Gasteiger partial charge in [0.25, 0.3) is 0 Å². The number of hydrogen-bond donors (Lipinski definition) is 0. The van der Waals surface area contributed by atoms with Gasteiger partial charge in [0, 0.05) is 17.8 Å². The second-order valence-corrected chi connectivity index (χ2v) is 6.84. The summed E-state index contributed by atoms with van der Waals surface area (Å²) in [6, 6.07) is 3.62.